The van der Waals surface area contributed by atoms with Gasteiger partial charge in [0.15, 0.2) is 0 Å². The van der Waals surface area contributed by atoms with E-state index in [0.29, 0.717) is 6.04 Å². The number of likely N-dealkylation sites (tertiary alicyclic amines) is 1. The first-order valence-corrected chi connectivity index (χ1v) is 7.26. The van der Waals surface area contributed by atoms with E-state index in [0.717, 1.165) is 47.7 Å². The van der Waals surface area contributed by atoms with Crippen molar-refractivity contribution < 1.29 is 0 Å². The second-order valence-electron chi connectivity index (χ2n) is 5.81. The van der Waals surface area contributed by atoms with Crippen molar-refractivity contribution in [1.29, 1.82) is 0 Å². The van der Waals surface area contributed by atoms with Crippen LogP contribution in [0, 0.1) is 0 Å². The molecule has 1 saturated heterocycles. The Morgan fingerprint density at radius 1 is 1.38 bits per heavy atom. The van der Waals surface area contributed by atoms with E-state index in [9.17, 15) is 0 Å². The van der Waals surface area contributed by atoms with Gasteiger partial charge in [-0.05, 0) is 45.0 Å². The molecule has 1 N–H and O–H groups in total. The van der Waals surface area contributed by atoms with E-state index in [1.54, 1.807) is 12.4 Å². The molecule has 0 bridgehead atoms. The van der Waals surface area contributed by atoms with Crippen molar-refractivity contribution in [1.82, 2.24) is 14.9 Å². The fourth-order valence-corrected chi connectivity index (χ4v) is 2.35. The molecule has 4 nitrogen and oxygen atoms in total. The van der Waals surface area contributed by atoms with Crippen LogP contribution < -0.4 is 5.32 Å². The van der Waals surface area contributed by atoms with Gasteiger partial charge in [0.1, 0.15) is 5.82 Å². The lowest BCUT2D eigenvalue weighted by atomic mass is 10.1. The smallest absolute Gasteiger partial charge is 0.145 e. The molecule has 4 heteroatoms. The van der Waals surface area contributed by atoms with Gasteiger partial charge in [-0.1, -0.05) is 24.8 Å². The second kappa shape index (κ2) is 6.68. The van der Waals surface area contributed by atoms with Gasteiger partial charge in [-0.2, -0.15) is 0 Å². The predicted molar refractivity (Wildman–Crippen MR) is 89.2 cm³/mol. The fraction of sp³-hybridized carbons (Fsp3) is 0.412. The highest BCUT2D eigenvalue weighted by Crippen LogP contribution is 2.18. The van der Waals surface area contributed by atoms with Crippen LogP contribution in [-0.2, 0) is 0 Å². The summed E-state index contributed by atoms with van der Waals surface area (Å²) in [7, 11) is 2.14. The fourth-order valence-electron chi connectivity index (χ4n) is 2.35. The van der Waals surface area contributed by atoms with Crippen LogP contribution in [0.15, 0.2) is 42.8 Å². The number of rotatable bonds is 5. The lowest BCUT2D eigenvalue weighted by Gasteiger charge is -2.14. The Labute approximate surface area is 127 Å². The minimum Gasteiger partial charge on any atom is -0.365 e. The minimum atomic E-state index is 0.453. The van der Waals surface area contributed by atoms with Gasteiger partial charge < -0.3 is 10.2 Å². The molecule has 0 radical (unpaired) electrons. The topological polar surface area (TPSA) is 41.1 Å². The molecule has 1 aliphatic rings. The third kappa shape index (κ3) is 4.26. The zero-order valence-corrected chi connectivity index (χ0v) is 13.2. The van der Waals surface area contributed by atoms with Crippen molar-refractivity contribution in [2.45, 2.75) is 26.3 Å². The minimum absolute atomic E-state index is 0.453. The van der Waals surface area contributed by atoms with Crippen LogP contribution in [0.2, 0.25) is 0 Å². The monoisotopic (exact) mass is 284 g/mol. The normalized spacial score (nSPS) is 19.6. The number of anilines is 1. The van der Waals surface area contributed by atoms with Crippen molar-refractivity contribution in [3.63, 3.8) is 0 Å². The molecule has 0 saturated carbocycles. The number of likely N-dealkylation sites (N-methyl/N-ethyl adjacent to an activating group) is 1. The summed E-state index contributed by atoms with van der Waals surface area (Å²) in [5, 5.41) is 3.46. The molecule has 0 amide bonds. The van der Waals surface area contributed by atoms with Gasteiger partial charge in [-0.15, -0.1) is 0 Å². The summed E-state index contributed by atoms with van der Waals surface area (Å²) in [5.74, 6) is 0.835. The first kappa shape index (κ1) is 15.4. The van der Waals surface area contributed by atoms with Crippen LogP contribution >= 0.6 is 0 Å². The average Bonchev–Trinajstić information content (AvgIpc) is 2.84. The molecule has 2 heterocycles. The third-order valence-electron chi connectivity index (χ3n) is 3.72. The van der Waals surface area contributed by atoms with Gasteiger partial charge in [0, 0.05) is 12.6 Å². The summed E-state index contributed by atoms with van der Waals surface area (Å²) in [6.45, 7) is 14.0. The van der Waals surface area contributed by atoms with E-state index in [2.05, 4.69) is 40.4 Å². The van der Waals surface area contributed by atoms with Gasteiger partial charge in [0.2, 0.25) is 0 Å². The van der Waals surface area contributed by atoms with Crippen LogP contribution in [0.25, 0.3) is 5.57 Å². The standard InChI is InChI=1S/C17H24N4/c1-12(2)13(3)8-14(4)16-9-18-10-17(20-16)19-15-6-7-21(5)11-15/h8-10,15H,1,3,6-7,11H2,2,4-5H3,(H,19,20)/b14-8+. The Balaban J connectivity index is 2.10. The van der Waals surface area contributed by atoms with E-state index in [-0.39, 0.29) is 0 Å². The van der Waals surface area contributed by atoms with E-state index < -0.39 is 0 Å². The molecule has 0 aliphatic carbocycles. The molecule has 1 aromatic rings. The Bertz CT molecular complexity index is 574. The third-order valence-corrected chi connectivity index (χ3v) is 3.72. The Morgan fingerprint density at radius 2 is 2.14 bits per heavy atom. The van der Waals surface area contributed by atoms with Crippen LogP contribution in [0.3, 0.4) is 0 Å². The molecule has 0 aromatic carbocycles. The van der Waals surface area contributed by atoms with Gasteiger partial charge in [-0.3, -0.25) is 4.98 Å². The number of aromatic nitrogens is 2. The van der Waals surface area contributed by atoms with Crippen LogP contribution in [-0.4, -0.2) is 41.0 Å². The summed E-state index contributed by atoms with van der Waals surface area (Å²) in [5.41, 5.74) is 3.80. The number of nitrogens with zero attached hydrogens (tertiary/aromatic N) is 3. The van der Waals surface area contributed by atoms with Crippen molar-refractivity contribution in [2.75, 3.05) is 25.5 Å². The lowest BCUT2D eigenvalue weighted by Crippen LogP contribution is -2.24. The van der Waals surface area contributed by atoms with E-state index in [1.165, 1.54) is 0 Å². The highest BCUT2D eigenvalue weighted by molar-refractivity contribution is 5.65. The molecule has 1 unspecified atom stereocenters. The Hall–Kier alpha value is -1.94. The van der Waals surface area contributed by atoms with Crippen LogP contribution in [0.4, 0.5) is 5.82 Å². The molecule has 1 fully saturated rings. The van der Waals surface area contributed by atoms with Gasteiger partial charge in [-0.25, -0.2) is 4.98 Å². The zero-order chi connectivity index (χ0) is 15.4. The van der Waals surface area contributed by atoms with Crippen molar-refractivity contribution in [3.05, 3.63) is 48.5 Å². The summed E-state index contributed by atoms with van der Waals surface area (Å²) in [6, 6.07) is 0.453. The molecule has 0 spiro atoms. The van der Waals surface area contributed by atoms with E-state index >= 15 is 0 Å². The predicted octanol–water partition coefficient (Wildman–Crippen LogP) is 3.13. The molecule has 1 atom stereocenters. The molecule has 21 heavy (non-hydrogen) atoms. The maximum atomic E-state index is 4.64. The SMILES string of the molecule is C=C(C)C(=C)/C=C(\C)c1cncc(NC2CCN(C)C2)n1. The molecule has 1 aliphatic heterocycles. The highest BCUT2D eigenvalue weighted by Gasteiger charge is 2.19. The van der Waals surface area contributed by atoms with Crippen LogP contribution in [0.5, 0.6) is 0 Å². The number of hydrogen-bond acceptors (Lipinski definition) is 4. The first-order chi connectivity index (χ1) is 9.95. The van der Waals surface area contributed by atoms with E-state index in [1.807, 2.05) is 19.9 Å². The lowest BCUT2D eigenvalue weighted by molar-refractivity contribution is 0.414. The Kier molecular flexibility index (Phi) is 4.91. The van der Waals surface area contributed by atoms with E-state index in [4.69, 9.17) is 0 Å². The molecule has 2 rings (SSSR count). The summed E-state index contributed by atoms with van der Waals surface area (Å²) in [4.78, 5) is 11.2. The maximum absolute atomic E-state index is 4.64. The average molecular weight is 284 g/mol. The summed E-state index contributed by atoms with van der Waals surface area (Å²) in [6.07, 6.45) is 6.70. The number of hydrogen-bond donors (Lipinski definition) is 1. The summed E-state index contributed by atoms with van der Waals surface area (Å²) < 4.78 is 0. The highest BCUT2D eigenvalue weighted by atomic mass is 15.2. The molecule has 112 valence electrons. The van der Waals surface area contributed by atoms with Crippen LogP contribution in [0.1, 0.15) is 26.0 Å². The number of allylic oxidation sites excluding steroid dienone is 4. The van der Waals surface area contributed by atoms with Gasteiger partial charge in [0.05, 0.1) is 18.1 Å². The van der Waals surface area contributed by atoms with Crippen molar-refractivity contribution in [3.8, 4) is 0 Å². The Morgan fingerprint density at radius 3 is 2.76 bits per heavy atom. The van der Waals surface area contributed by atoms with Gasteiger partial charge in [0.25, 0.3) is 0 Å². The summed E-state index contributed by atoms with van der Waals surface area (Å²) >= 11 is 0. The largest absolute Gasteiger partial charge is 0.365 e. The maximum Gasteiger partial charge on any atom is 0.145 e. The molecular formula is C17H24N4. The zero-order valence-electron chi connectivity index (χ0n) is 13.2. The molecular weight excluding hydrogens is 260 g/mol. The quantitative estimate of drug-likeness (QED) is 0.843. The first-order valence-electron chi connectivity index (χ1n) is 7.26. The van der Waals surface area contributed by atoms with Crippen molar-refractivity contribution in [2.24, 2.45) is 0 Å². The second-order valence-corrected chi connectivity index (χ2v) is 5.81. The number of nitrogens with one attached hydrogen (secondary N) is 1. The molecule has 1 aromatic heterocycles. The van der Waals surface area contributed by atoms with Gasteiger partial charge >= 0.3 is 0 Å². The van der Waals surface area contributed by atoms with Crippen molar-refractivity contribution >= 4 is 11.4 Å².